The van der Waals surface area contributed by atoms with E-state index in [2.05, 4.69) is 4.98 Å². The van der Waals surface area contributed by atoms with E-state index in [1.165, 1.54) is 0 Å². The van der Waals surface area contributed by atoms with Crippen LogP contribution in [0.4, 0.5) is 0 Å². The number of carboxylic acids is 1. The van der Waals surface area contributed by atoms with Gasteiger partial charge in [0.1, 0.15) is 5.54 Å². The van der Waals surface area contributed by atoms with Gasteiger partial charge < -0.3 is 5.11 Å². The molecule has 0 unspecified atom stereocenters. The predicted molar refractivity (Wildman–Crippen MR) is 74.0 cm³/mol. The first-order valence-corrected chi connectivity index (χ1v) is 7.00. The van der Waals surface area contributed by atoms with Crippen LogP contribution in [0.25, 0.3) is 0 Å². The Bertz CT molecular complexity index is 421. The minimum Gasteiger partial charge on any atom is -0.480 e. The van der Waals surface area contributed by atoms with Crippen LogP contribution in [-0.4, -0.2) is 40.1 Å². The molecule has 1 aliphatic heterocycles. The van der Waals surface area contributed by atoms with Crippen LogP contribution in [-0.2, 0) is 11.2 Å². The average molecular weight is 262 g/mol. The summed E-state index contributed by atoms with van der Waals surface area (Å²) in [6.45, 7) is 0.885. The van der Waals surface area contributed by atoms with E-state index in [-0.39, 0.29) is 0 Å². The third kappa shape index (κ3) is 3.13. The lowest BCUT2D eigenvalue weighted by Crippen LogP contribution is -2.55. The molecule has 1 aromatic rings. The lowest BCUT2D eigenvalue weighted by molar-refractivity contribution is -0.153. The topological polar surface area (TPSA) is 53.4 Å². The van der Waals surface area contributed by atoms with Gasteiger partial charge in [-0.2, -0.15) is 0 Å². The molecule has 0 bridgehead atoms. The second-order valence-electron chi connectivity index (χ2n) is 5.39. The summed E-state index contributed by atoms with van der Waals surface area (Å²) in [4.78, 5) is 18.0. The van der Waals surface area contributed by atoms with Crippen molar-refractivity contribution in [3.8, 4) is 0 Å². The number of aromatic nitrogens is 1. The van der Waals surface area contributed by atoms with Crippen molar-refractivity contribution < 1.29 is 9.90 Å². The number of carboxylic acid groups (broad SMARTS) is 1. The van der Waals surface area contributed by atoms with Crippen molar-refractivity contribution in [1.29, 1.82) is 0 Å². The molecule has 0 saturated carbocycles. The number of likely N-dealkylation sites (tertiary alicyclic amines) is 1. The number of carbonyl (C=O) groups is 1. The molecule has 1 atom stereocenters. The molecule has 104 valence electrons. The lowest BCUT2D eigenvalue weighted by atomic mass is 9.82. The number of hydrogen-bond donors (Lipinski definition) is 1. The van der Waals surface area contributed by atoms with Crippen LogP contribution in [0.1, 0.15) is 37.8 Å². The van der Waals surface area contributed by atoms with Crippen molar-refractivity contribution in [2.45, 2.75) is 44.1 Å². The van der Waals surface area contributed by atoms with Crippen LogP contribution in [0.2, 0.25) is 0 Å². The smallest absolute Gasteiger partial charge is 0.324 e. The van der Waals surface area contributed by atoms with Crippen LogP contribution >= 0.6 is 0 Å². The normalized spacial score (nSPS) is 24.3. The molecule has 1 aromatic heterocycles. The van der Waals surface area contributed by atoms with E-state index < -0.39 is 11.5 Å². The Morgan fingerprint density at radius 2 is 2.32 bits per heavy atom. The van der Waals surface area contributed by atoms with Crippen molar-refractivity contribution >= 4 is 5.97 Å². The number of likely N-dealkylation sites (N-methyl/N-ethyl adjacent to an activating group) is 1. The SMILES string of the molecule is CN1CCCC[C@]1(CCCc1ccccn1)C(=O)O. The highest BCUT2D eigenvalue weighted by molar-refractivity contribution is 5.78. The number of aryl methyl sites for hydroxylation is 1. The largest absolute Gasteiger partial charge is 0.480 e. The molecule has 1 aliphatic rings. The molecular weight excluding hydrogens is 240 g/mol. The molecule has 0 radical (unpaired) electrons. The Morgan fingerprint density at radius 1 is 1.47 bits per heavy atom. The molecule has 1 fully saturated rings. The van der Waals surface area contributed by atoms with E-state index in [0.717, 1.165) is 44.3 Å². The minimum atomic E-state index is -0.671. The summed E-state index contributed by atoms with van der Waals surface area (Å²) in [5.41, 5.74) is 0.383. The first kappa shape index (κ1) is 14.0. The first-order chi connectivity index (χ1) is 9.15. The second-order valence-corrected chi connectivity index (χ2v) is 5.39. The minimum absolute atomic E-state index is 0.660. The van der Waals surface area contributed by atoms with Gasteiger partial charge in [-0.15, -0.1) is 0 Å². The van der Waals surface area contributed by atoms with E-state index in [9.17, 15) is 9.90 Å². The van der Waals surface area contributed by atoms with E-state index in [4.69, 9.17) is 0 Å². The maximum Gasteiger partial charge on any atom is 0.324 e. The molecule has 0 aromatic carbocycles. The van der Waals surface area contributed by atoms with E-state index >= 15 is 0 Å². The van der Waals surface area contributed by atoms with Gasteiger partial charge in [0, 0.05) is 11.9 Å². The summed E-state index contributed by atoms with van der Waals surface area (Å²) in [6.07, 6.45) is 7.09. The zero-order valence-electron chi connectivity index (χ0n) is 11.5. The van der Waals surface area contributed by atoms with Crippen LogP contribution < -0.4 is 0 Å². The molecule has 0 aliphatic carbocycles. The van der Waals surface area contributed by atoms with E-state index in [1.54, 1.807) is 6.20 Å². The number of rotatable bonds is 5. The summed E-state index contributed by atoms with van der Waals surface area (Å²) in [6, 6.07) is 5.87. The maximum absolute atomic E-state index is 11.7. The molecule has 4 nitrogen and oxygen atoms in total. The van der Waals surface area contributed by atoms with E-state index in [0.29, 0.717) is 6.42 Å². The monoisotopic (exact) mass is 262 g/mol. The molecule has 1 N–H and O–H groups in total. The average Bonchev–Trinajstić information content (AvgIpc) is 2.42. The van der Waals surface area contributed by atoms with Crippen LogP contribution in [0.5, 0.6) is 0 Å². The Balaban J connectivity index is 1.96. The van der Waals surface area contributed by atoms with Crippen molar-refractivity contribution in [2.24, 2.45) is 0 Å². The van der Waals surface area contributed by atoms with Crippen LogP contribution in [0, 0.1) is 0 Å². The van der Waals surface area contributed by atoms with Gasteiger partial charge >= 0.3 is 5.97 Å². The Labute approximate surface area is 114 Å². The third-order valence-corrected chi connectivity index (χ3v) is 4.21. The molecule has 19 heavy (non-hydrogen) atoms. The Hall–Kier alpha value is -1.42. The maximum atomic E-state index is 11.7. The second kappa shape index (κ2) is 6.15. The Kier molecular flexibility index (Phi) is 4.53. The number of hydrogen-bond acceptors (Lipinski definition) is 3. The van der Waals surface area contributed by atoms with Crippen molar-refractivity contribution in [3.05, 3.63) is 30.1 Å². The summed E-state index contributed by atoms with van der Waals surface area (Å²) < 4.78 is 0. The molecule has 0 spiro atoms. The predicted octanol–water partition coefficient (Wildman–Crippen LogP) is 2.34. The van der Waals surface area contributed by atoms with Crippen molar-refractivity contribution in [1.82, 2.24) is 9.88 Å². The van der Waals surface area contributed by atoms with Gasteiger partial charge in [-0.3, -0.25) is 14.7 Å². The van der Waals surface area contributed by atoms with Gasteiger partial charge in [0.15, 0.2) is 0 Å². The van der Waals surface area contributed by atoms with E-state index in [1.807, 2.05) is 30.1 Å². The fraction of sp³-hybridized carbons (Fsp3) is 0.600. The number of piperidine rings is 1. The summed E-state index contributed by atoms with van der Waals surface area (Å²) in [7, 11) is 1.94. The number of pyridine rings is 1. The molecule has 2 heterocycles. The molecular formula is C15H22N2O2. The highest BCUT2D eigenvalue weighted by Crippen LogP contribution is 2.32. The number of aliphatic carboxylic acids is 1. The highest BCUT2D eigenvalue weighted by atomic mass is 16.4. The first-order valence-electron chi connectivity index (χ1n) is 7.00. The third-order valence-electron chi connectivity index (χ3n) is 4.21. The lowest BCUT2D eigenvalue weighted by Gasteiger charge is -2.42. The van der Waals surface area contributed by atoms with Crippen LogP contribution in [0.3, 0.4) is 0 Å². The number of nitrogens with zero attached hydrogens (tertiary/aromatic N) is 2. The summed E-state index contributed by atoms with van der Waals surface area (Å²) in [5, 5.41) is 9.60. The zero-order valence-corrected chi connectivity index (χ0v) is 11.5. The summed E-state index contributed by atoms with van der Waals surface area (Å²) >= 11 is 0. The highest BCUT2D eigenvalue weighted by Gasteiger charge is 2.43. The van der Waals surface area contributed by atoms with Crippen molar-refractivity contribution in [2.75, 3.05) is 13.6 Å². The zero-order chi connectivity index (χ0) is 13.7. The fourth-order valence-corrected chi connectivity index (χ4v) is 2.97. The van der Waals surface area contributed by atoms with Gasteiger partial charge in [0.05, 0.1) is 0 Å². The standard InChI is InChI=1S/C15H22N2O2/c1-17-12-5-3-9-15(17,14(18)19)10-6-8-13-7-2-4-11-16-13/h2,4,7,11H,3,5-6,8-10,12H2,1H3,(H,18,19)/t15-/m0/s1. The Morgan fingerprint density at radius 3 is 2.95 bits per heavy atom. The van der Waals surface area contributed by atoms with Gasteiger partial charge in [-0.1, -0.05) is 6.07 Å². The molecule has 2 rings (SSSR count). The van der Waals surface area contributed by atoms with Gasteiger partial charge in [0.2, 0.25) is 0 Å². The molecule has 0 amide bonds. The quantitative estimate of drug-likeness (QED) is 0.885. The van der Waals surface area contributed by atoms with Crippen LogP contribution in [0.15, 0.2) is 24.4 Å². The molecule has 1 saturated heterocycles. The fourth-order valence-electron chi connectivity index (χ4n) is 2.97. The molecule has 4 heteroatoms. The van der Waals surface area contributed by atoms with Crippen molar-refractivity contribution in [3.63, 3.8) is 0 Å². The van der Waals surface area contributed by atoms with Gasteiger partial charge in [-0.05, 0) is 64.3 Å². The van der Waals surface area contributed by atoms with Gasteiger partial charge in [-0.25, -0.2) is 0 Å². The summed E-state index contributed by atoms with van der Waals surface area (Å²) in [5.74, 6) is -0.671. The van der Waals surface area contributed by atoms with Gasteiger partial charge in [0.25, 0.3) is 0 Å².